The Balaban J connectivity index is 1.89. The van der Waals surface area contributed by atoms with Gasteiger partial charge in [0.2, 0.25) is 0 Å². The van der Waals surface area contributed by atoms with E-state index in [1.165, 1.54) is 6.92 Å². The van der Waals surface area contributed by atoms with E-state index in [0.717, 1.165) is 22.3 Å². The Hall–Kier alpha value is -4.25. The van der Waals surface area contributed by atoms with E-state index >= 15 is 0 Å². The number of phenolic OH excluding ortho intramolecular Hbond substituents is 3. The highest BCUT2D eigenvalue weighted by atomic mass is 16.5. The summed E-state index contributed by atoms with van der Waals surface area (Å²) in [7, 11) is 0. The van der Waals surface area contributed by atoms with Crippen molar-refractivity contribution in [2.75, 3.05) is 0 Å². The molecule has 0 aliphatic carbocycles. The summed E-state index contributed by atoms with van der Waals surface area (Å²) < 4.78 is 5.20. The lowest BCUT2D eigenvalue weighted by molar-refractivity contribution is -0.131. The fourth-order valence-corrected chi connectivity index (χ4v) is 4.11. The summed E-state index contributed by atoms with van der Waals surface area (Å²) in [5.41, 5.74) is 3.89. The second kappa shape index (κ2) is 9.49. The summed E-state index contributed by atoms with van der Waals surface area (Å²) in [6.07, 6.45) is 0. The lowest BCUT2D eigenvalue weighted by Crippen LogP contribution is -2.15. The van der Waals surface area contributed by atoms with Gasteiger partial charge in [0, 0.05) is 18.8 Å². The van der Waals surface area contributed by atoms with Crippen LogP contribution in [0.1, 0.15) is 41.0 Å². The Morgan fingerprint density at radius 3 is 1.09 bits per heavy atom. The second-order valence-corrected chi connectivity index (χ2v) is 7.89. The maximum Gasteiger partial charge on any atom is 0.308 e. The number of benzene rings is 4. The fourth-order valence-electron chi connectivity index (χ4n) is 4.11. The van der Waals surface area contributed by atoms with Crippen molar-refractivity contribution in [1.29, 1.82) is 0 Å². The van der Waals surface area contributed by atoms with Crippen LogP contribution in [0.2, 0.25) is 0 Å². The molecule has 0 saturated heterocycles. The number of hydrogen-bond donors (Lipinski definition) is 3. The van der Waals surface area contributed by atoms with Crippen LogP contribution in [0.25, 0.3) is 0 Å². The smallest absolute Gasteiger partial charge is 0.308 e. The van der Waals surface area contributed by atoms with Gasteiger partial charge >= 0.3 is 5.97 Å². The maximum atomic E-state index is 11.3. The van der Waals surface area contributed by atoms with Gasteiger partial charge in [-0.2, -0.15) is 0 Å². The second-order valence-electron chi connectivity index (χ2n) is 7.89. The summed E-state index contributed by atoms with van der Waals surface area (Å²) in [5.74, 6) is 0.255. The molecule has 0 saturated carbocycles. The minimum Gasteiger partial charge on any atom is -0.508 e. The lowest BCUT2D eigenvalue weighted by atomic mass is 9.73. The number of carbonyl (C=O) groups is 1. The Kier molecular flexibility index (Phi) is 6.31. The van der Waals surface area contributed by atoms with Crippen LogP contribution in [0.4, 0.5) is 0 Å². The summed E-state index contributed by atoms with van der Waals surface area (Å²) in [6, 6.07) is 28.6. The minimum absolute atomic E-state index is 0.171. The van der Waals surface area contributed by atoms with Gasteiger partial charge < -0.3 is 20.1 Å². The van der Waals surface area contributed by atoms with Crippen LogP contribution < -0.4 is 4.74 Å². The Morgan fingerprint density at radius 2 is 0.818 bits per heavy atom. The molecule has 0 aliphatic rings. The van der Waals surface area contributed by atoms with E-state index in [-0.39, 0.29) is 35.1 Å². The van der Waals surface area contributed by atoms with Crippen LogP contribution in [0.5, 0.6) is 23.0 Å². The van der Waals surface area contributed by atoms with Crippen LogP contribution in [0, 0.1) is 0 Å². The molecule has 4 aromatic carbocycles. The van der Waals surface area contributed by atoms with Crippen molar-refractivity contribution < 1.29 is 24.9 Å². The highest BCUT2D eigenvalue weighted by Gasteiger charge is 2.28. The highest BCUT2D eigenvalue weighted by Crippen LogP contribution is 2.44. The van der Waals surface area contributed by atoms with Gasteiger partial charge in [-0.3, -0.25) is 4.79 Å². The standard InChI is InChI=1S/C28H24O5/c1-18(29)33-26-16-8-22(9-17-26)28(21-6-14-25(32)15-7-21)27(19-2-10-23(30)11-3-19)20-4-12-24(31)13-5-20/h2-17,27-28,30-32H,1H3. The topological polar surface area (TPSA) is 87.0 Å². The third kappa shape index (κ3) is 5.15. The van der Waals surface area contributed by atoms with Gasteiger partial charge in [0.25, 0.3) is 0 Å². The normalized spacial score (nSPS) is 11.8. The number of aromatic hydroxyl groups is 3. The molecule has 4 aromatic rings. The molecular formula is C28H24O5. The zero-order valence-corrected chi connectivity index (χ0v) is 18.1. The molecule has 3 N–H and O–H groups in total. The van der Waals surface area contributed by atoms with E-state index in [1.807, 2.05) is 48.5 Å². The van der Waals surface area contributed by atoms with Crippen LogP contribution in [-0.4, -0.2) is 21.3 Å². The van der Waals surface area contributed by atoms with Gasteiger partial charge in [-0.1, -0.05) is 48.5 Å². The third-order valence-corrected chi connectivity index (χ3v) is 5.59. The van der Waals surface area contributed by atoms with Crippen molar-refractivity contribution in [3.63, 3.8) is 0 Å². The van der Waals surface area contributed by atoms with Gasteiger partial charge in [0.1, 0.15) is 23.0 Å². The van der Waals surface area contributed by atoms with Crippen molar-refractivity contribution in [2.24, 2.45) is 0 Å². The molecule has 5 nitrogen and oxygen atoms in total. The van der Waals surface area contributed by atoms with Gasteiger partial charge in [-0.15, -0.1) is 0 Å². The summed E-state index contributed by atoms with van der Waals surface area (Å²) in [4.78, 5) is 11.3. The van der Waals surface area contributed by atoms with E-state index in [4.69, 9.17) is 4.74 Å². The van der Waals surface area contributed by atoms with E-state index in [0.29, 0.717) is 5.75 Å². The third-order valence-electron chi connectivity index (χ3n) is 5.59. The van der Waals surface area contributed by atoms with E-state index in [1.54, 1.807) is 48.5 Å². The van der Waals surface area contributed by atoms with Crippen LogP contribution >= 0.6 is 0 Å². The maximum absolute atomic E-state index is 11.3. The molecule has 0 spiro atoms. The quantitative estimate of drug-likeness (QED) is 0.265. The molecule has 0 aromatic heterocycles. The van der Waals surface area contributed by atoms with Crippen molar-refractivity contribution >= 4 is 5.97 Å². The van der Waals surface area contributed by atoms with Gasteiger partial charge in [-0.25, -0.2) is 0 Å². The first kappa shape index (κ1) is 22.0. The number of rotatable bonds is 6. The first-order valence-corrected chi connectivity index (χ1v) is 10.6. The Labute approximate surface area is 192 Å². The SMILES string of the molecule is CC(=O)Oc1ccc(C(c2ccc(O)cc2)C(c2ccc(O)cc2)c2ccc(O)cc2)cc1. The average molecular weight is 440 g/mol. The first-order valence-electron chi connectivity index (χ1n) is 10.6. The number of carbonyl (C=O) groups excluding carboxylic acids is 1. The van der Waals surface area contributed by atoms with Crippen molar-refractivity contribution in [3.8, 4) is 23.0 Å². The molecule has 0 fully saturated rings. The number of esters is 1. The Bertz CT molecular complexity index is 1170. The molecule has 1 unspecified atom stereocenters. The van der Waals surface area contributed by atoms with Gasteiger partial charge in [-0.05, 0) is 70.8 Å². The van der Waals surface area contributed by atoms with Crippen molar-refractivity contribution in [3.05, 3.63) is 119 Å². The molecule has 0 heterocycles. The number of phenols is 3. The van der Waals surface area contributed by atoms with Crippen molar-refractivity contribution in [2.45, 2.75) is 18.8 Å². The predicted octanol–water partition coefficient (Wildman–Crippen LogP) is 5.69. The summed E-state index contributed by atoms with van der Waals surface area (Å²) in [6.45, 7) is 1.36. The van der Waals surface area contributed by atoms with Crippen LogP contribution in [0.15, 0.2) is 97.1 Å². The molecule has 5 heteroatoms. The molecular weight excluding hydrogens is 416 g/mol. The van der Waals surface area contributed by atoms with E-state index in [9.17, 15) is 20.1 Å². The first-order chi connectivity index (χ1) is 15.9. The molecule has 0 radical (unpaired) electrons. The highest BCUT2D eigenvalue weighted by molar-refractivity contribution is 5.69. The summed E-state index contributed by atoms with van der Waals surface area (Å²) in [5, 5.41) is 29.6. The van der Waals surface area contributed by atoms with Gasteiger partial charge in [0.05, 0.1) is 0 Å². The number of ether oxygens (including phenoxy) is 1. The van der Waals surface area contributed by atoms with Crippen molar-refractivity contribution in [1.82, 2.24) is 0 Å². The minimum atomic E-state index is -0.385. The zero-order valence-electron chi connectivity index (χ0n) is 18.1. The molecule has 0 aliphatic heterocycles. The van der Waals surface area contributed by atoms with Gasteiger partial charge in [0.15, 0.2) is 0 Å². The van der Waals surface area contributed by atoms with Crippen LogP contribution in [0.3, 0.4) is 0 Å². The molecule has 4 rings (SSSR count). The molecule has 1 atom stereocenters. The van der Waals surface area contributed by atoms with Crippen LogP contribution in [-0.2, 0) is 4.79 Å². The molecule has 0 amide bonds. The summed E-state index contributed by atoms with van der Waals surface area (Å²) >= 11 is 0. The van der Waals surface area contributed by atoms with E-state index < -0.39 is 0 Å². The Morgan fingerprint density at radius 1 is 0.545 bits per heavy atom. The molecule has 33 heavy (non-hydrogen) atoms. The fraction of sp³-hybridized carbons (Fsp3) is 0.107. The average Bonchev–Trinajstić information content (AvgIpc) is 2.80. The largest absolute Gasteiger partial charge is 0.508 e. The predicted molar refractivity (Wildman–Crippen MR) is 126 cm³/mol. The molecule has 166 valence electrons. The zero-order chi connectivity index (χ0) is 23.4. The number of hydrogen-bond acceptors (Lipinski definition) is 5. The lowest BCUT2D eigenvalue weighted by Gasteiger charge is -2.29. The monoisotopic (exact) mass is 440 g/mol. The van der Waals surface area contributed by atoms with E-state index in [2.05, 4.69) is 0 Å². The molecule has 0 bridgehead atoms.